The molecule has 0 fully saturated rings. The molecule has 0 unspecified atom stereocenters. The first-order valence-corrected chi connectivity index (χ1v) is 8.99. The maximum atomic E-state index is 11.2. The van der Waals surface area contributed by atoms with Crippen LogP contribution in [0.1, 0.15) is 40.0 Å². The summed E-state index contributed by atoms with van der Waals surface area (Å²) in [6.07, 6.45) is 2.90. The van der Waals surface area contributed by atoms with Gasteiger partial charge in [0.25, 0.3) is 0 Å². The number of esters is 1. The fraction of sp³-hybridized carbons (Fsp3) is 0.786. The smallest absolute Gasteiger partial charge is 0.333 e. The largest absolute Gasteiger partial charge is 0.462 e. The van der Waals surface area contributed by atoms with Crippen LogP contribution in [0.2, 0.25) is 6.04 Å². The number of ether oxygens (including phenoxy) is 3. The second-order valence-electron chi connectivity index (χ2n) is 4.58. The third kappa shape index (κ3) is 10.9. The minimum atomic E-state index is -0.438. The SMILES string of the molecule is C=C(C)C(=O)OCCC[SiH2]C(OCCC)OCCC. The summed E-state index contributed by atoms with van der Waals surface area (Å²) in [5, 5.41) is 0. The van der Waals surface area contributed by atoms with Crippen molar-refractivity contribution in [3.63, 3.8) is 0 Å². The number of carbonyl (C=O) groups excluding carboxylic acids is 1. The van der Waals surface area contributed by atoms with Crippen molar-refractivity contribution in [3.05, 3.63) is 12.2 Å². The molecule has 0 heterocycles. The molecule has 0 aromatic heterocycles. The summed E-state index contributed by atoms with van der Waals surface area (Å²) >= 11 is 0. The molecule has 0 aromatic carbocycles. The van der Waals surface area contributed by atoms with Gasteiger partial charge in [-0.25, -0.2) is 4.79 Å². The Morgan fingerprint density at radius 3 is 2.21 bits per heavy atom. The van der Waals surface area contributed by atoms with E-state index >= 15 is 0 Å². The Hall–Kier alpha value is -0.653. The van der Waals surface area contributed by atoms with E-state index in [9.17, 15) is 4.79 Å². The minimum Gasteiger partial charge on any atom is -0.462 e. The lowest BCUT2D eigenvalue weighted by atomic mass is 10.4. The maximum absolute atomic E-state index is 11.2. The van der Waals surface area contributed by atoms with E-state index in [1.807, 2.05) is 0 Å². The molecule has 0 aromatic rings. The molecule has 112 valence electrons. The molecule has 0 saturated heterocycles. The first kappa shape index (κ1) is 18.3. The van der Waals surface area contributed by atoms with Crippen LogP contribution in [0.25, 0.3) is 0 Å². The Morgan fingerprint density at radius 2 is 1.74 bits per heavy atom. The van der Waals surface area contributed by atoms with Crippen LogP contribution in [0.3, 0.4) is 0 Å². The van der Waals surface area contributed by atoms with E-state index in [0.717, 1.165) is 38.5 Å². The summed E-state index contributed by atoms with van der Waals surface area (Å²) in [5.74, 6) is -0.292. The van der Waals surface area contributed by atoms with Crippen molar-refractivity contribution >= 4 is 15.5 Å². The van der Waals surface area contributed by atoms with Gasteiger partial charge in [0.2, 0.25) is 0 Å². The fourth-order valence-corrected chi connectivity index (χ4v) is 2.91. The van der Waals surface area contributed by atoms with Gasteiger partial charge >= 0.3 is 5.97 Å². The molecule has 0 aliphatic rings. The van der Waals surface area contributed by atoms with Crippen molar-refractivity contribution < 1.29 is 19.0 Å². The molecule has 0 N–H and O–H groups in total. The molecule has 0 rings (SSSR count). The molecule has 0 atom stereocenters. The standard InChI is InChI=1S/C14H28O4Si/c1-5-8-17-14(18-9-6-2)19-11-7-10-16-13(15)12(3)4/h14H,3,5-11,19H2,1-2,4H3. The number of rotatable bonds is 12. The van der Waals surface area contributed by atoms with Gasteiger partial charge in [-0.05, 0) is 26.2 Å². The average Bonchev–Trinajstić information content (AvgIpc) is 2.40. The van der Waals surface area contributed by atoms with Gasteiger partial charge in [-0.3, -0.25) is 0 Å². The van der Waals surface area contributed by atoms with E-state index < -0.39 is 9.52 Å². The second-order valence-corrected chi connectivity index (χ2v) is 6.53. The lowest BCUT2D eigenvalue weighted by Gasteiger charge is -2.17. The first-order valence-electron chi connectivity index (χ1n) is 7.17. The van der Waals surface area contributed by atoms with Crippen molar-refractivity contribution in [1.82, 2.24) is 0 Å². The summed E-state index contributed by atoms with van der Waals surface area (Å²) in [7, 11) is -0.438. The van der Waals surface area contributed by atoms with Gasteiger partial charge in [0.15, 0.2) is 0 Å². The van der Waals surface area contributed by atoms with Gasteiger partial charge in [-0.15, -0.1) is 0 Å². The third-order valence-electron chi connectivity index (χ3n) is 2.43. The summed E-state index contributed by atoms with van der Waals surface area (Å²) in [6, 6.07) is 1.06. The van der Waals surface area contributed by atoms with Crippen LogP contribution in [0, 0.1) is 0 Å². The van der Waals surface area contributed by atoms with Crippen LogP contribution in [0.5, 0.6) is 0 Å². The zero-order valence-corrected chi connectivity index (χ0v) is 14.0. The van der Waals surface area contributed by atoms with Crippen LogP contribution >= 0.6 is 0 Å². The quantitative estimate of drug-likeness (QED) is 0.182. The summed E-state index contributed by atoms with van der Waals surface area (Å²) in [4.78, 5) is 11.2. The first-order chi connectivity index (χ1) is 9.11. The van der Waals surface area contributed by atoms with Crippen molar-refractivity contribution in [3.8, 4) is 0 Å². The molecule has 0 bridgehead atoms. The predicted molar refractivity (Wildman–Crippen MR) is 80.0 cm³/mol. The van der Waals surface area contributed by atoms with Crippen molar-refractivity contribution in [2.45, 2.75) is 52.0 Å². The molecule has 0 aliphatic heterocycles. The van der Waals surface area contributed by atoms with E-state index in [4.69, 9.17) is 14.2 Å². The van der Waals surface area contributed by atoms with Crippen LogP contribution in [-0.2, 0) is 19.0 Å². The van der Waals surface area contributed by atoms with Gasteiger partial charge in [0.05, 0.1) is 16.1 Å². The van der Waals surface area contributed by atoms with Crippen LogP contribution in [-0.4, -0.2) is 41.2 Å². The highest BCUT2D eigenvalue weighted by Crippen LogP contribution is 2.02. The Bertz CT molecular complexity index is 248. The lowest BCUT2D eigenvalue weighted by molar-refractivity contribution is -0.138. The molecule has 5 heteroatoms. The monoisotopic (exact) mass is 288 g/mol. The molecule has 0 radical (unpaired) electrons. The van der Waals surface area contributed by atoms with Crippen molar-refractivity contribution in [2.75, 3.05) is 19.8 Å². The minimum absolute atomic E-state index is 0.0109. The van der Waals surface area contributed by atoms with Gasteiger partial charge in [-0.1, -0.05) is 26.5 Å². The third-order valence-corrected chi connectivity index (χ3v) is 4.28. The molecule has 0 amide bonds. The van der Waals surface area contributed by atoms with Crippen LogP contribution in [0.4, 0.5) is 0 Å². The zero-order valence-electron chi connectivity index (χ0n) is 12.6. The molecule has 4 nitrogen and oxygen atoms in total. The van der Waals surface area contributed by atoms with E-state index in [1.165, 1.54) is 0 Å². The van der Waals surface area contributed by atoms with E-state index in [1.54, 1.807) is 6.92 Å². The Kier molecular flexibility index (Phi) is 12.0. The molecular weight excluding hydrogens is 260 g/mol. The zero-order chi connectivity index (χ0) is 14.5. The Labute approximate surface area is 119 Å². The summed E-state index contributed by atoms with van der Waals surface area (Å²) < 4.78 is 16.4. The topological polar surface area (TPSA) is 44.8 Å². The molecule has 0 saturated carbocycles. The maximum Gasteiger partial charge on any atom is 0.333 e. The molecule has 19 heavy (non-hydrogen) atoms. The summed E-state index contributed by atoms with van der Waals surface area (Å²) in [6.45, 7) is 11.4. The lowest BCUT2D eigenvalue weighted by Crippen LogP contribution is -2.25. The van der Waals surface area contributed by atoms with Crippen molar-refractivity contribution in [2.24, 2.45) is 0 Å². The van der Waals surface area contributed by atoms with Gasteiger partial charge in [0, 0.05) is 18.8 Å². The fourth-order valence-electron chi connectivity index (χ4n) is 1.41. The molecule has 0 spiro atoms. The highest BCUT2D eigenvalue weighted by atomic mass is 28.2. The Balaban J connectivity index is 3.67. The average molecular weight is 288 g/mol. The van der Waals surface area contributed by atoms with E-state index in [2.05, 4.69) is 20.4 Å². The number of hydrogen-bond donors (Lipinski definition) is 0. The number of carbonyl (C=O) groups is 1. The molecular formula is C14H28O4Si. The van der Waals surface area contributed by atoms with Gasteiger partial charge < -0.3 is 14.2 Å². The second kappa shape index (κ2) is 12.4. The highest BCUT2D eigenvalue weighted by Gasteiger charge is 2.09. The van der Waals surface area contributed by atoms with Gasteiger partial charge in [0.1, 0.15) is 5.91 Å². The van der Waals surface area contributed by atoms with E-state index in [-0.39, 0.29) is 11.9 Å². The van der Waals surface area contributed by atoms with Gasteiger partial charge in [-0.2, -0.15) is 0 Å². The van der Waals surface area contributed by atoms with Crippen molar-refractivity contribution in [1.29, 1.82) is 0 Å². The van der Waals surface area contributed by atoms with Crippen LogP contribution < -0.4 is 0 Å². The number of hydrogen-bond acceptors (Lipinski definition) is 4. The predicted octanol–water partition coefficient (Wildman–Crippen LogP) is 2.22. The summed E-state index contributed by atoms with van der Waals surface area (Å²) in [5.41, 5.74) is 0.452. The normalized spacial score (nSPS) is 11.4. The van der Waals surface area contributed by atoms with Crippen LogP contribution in [0.15, 0.2) is 12.2 Å². The highest BCUT2D eigenvalue weighted by molar-refractivity contribution is 6.36. The Morgan fingerprint density at radius 1 is 1.16 bits per heavy atom. The molecule has 0 aliphatic carbocycles. The van der Waals surface area contributed by atoms with E-state index in [0.29, 0.717) is 12.2 Å².